The Bertz CT molecular complexity index is 593. The minimum absolute atomic E-state index is 0.0251. The number of halogens is 2. The van der Waals surface area contributed by atoms with Gasteiger partial charge in [0.05, 0.1) is 10.6 Å². The molecule has 0 bridgehead atoms. The Morgan fingerprint density at radius 1 is 1.38 bits per heavy atom. The van der Waals surface area contributed by atoms with Crippen molar-refractivity contribution in [3.05, 3.63) is 33.3 Å². The summed E-state index contributed by atoms with van der Waals surface area (Å²) in [6, 6.07) is 5.54. The Hall–Kier alpha value is -1.07. The van der Waals surface area contributed by atoms with E-state index in [1.54, 1.807) is 12.1 Å². The number of amides is 2. The minimum atomic E-state index is -0.0251. The van der Waals surface area contributed by atoms with E-state index in [9.17, 15) is 9.59 Å². The lowest BCUT2D eigenvalue weighted by molar-refractivity contribution is -0.125. The van der Waals surface area contributed by atoms with Gasteiger partial charge in [-0.05, 0) is 37.0 Å². The molecule has 4 nitrogen and oxygen atoms in total. The first-order valence-corrected chi connectivity index (χ1v) is 8.25. The summed E-state index contributed by atoms with van der Waals surface area (Å²) in [6.07, 6.45) is 2.23. The molecule has 2 aliphatic rings. The highest BCUT2D eigenvalue weighted by molar-refractivity contribution is 9.10. The molecule has 0 radical (unpaired) electrons. The molecule has 0 aliphatic carbocycles. The maximum Gasteiger partial charge on any atom is 0.255 e. The van der Waals surface area contributed by atoms with Gasteiger partial charge >= 0.3 is 0 Å². The second-order valence-electron chi connectivity index (χ2n) is 5.64. The predicted molar refractivity (Wildman–Crippen MR) is 84.3 cm³/mol. The van der Waals surface area contributed by atoms with E-state index >= 15 is 0 Å². The van der Waals surface area contributed by atoms with Crippen LogP contribution in [0.2, 0.25) is 5.02 Å². The first-order chi connectivity index (χ1) is 10.0. The molecule has 1 aromatic rings. The zero-order chi connectivity index (χ0) is 15.0. The maximum atomic E-state index is 12.6. The molecular formula is C15H16BrClN2O2. The van der Waals surface area contributed by atoms with Crippen molar-refractivity contribution < 1.29 is 9.59 Å². The molecule has 112 valence electrons. The zero-order valence-electron chi connectivity index (χ0n) is 11.4. The van der Waals surface area contributed by atoms with E-state index in [1.807, 2.05) is 11.0 Å². The van der Waals surface area contributed by atoms with Gasteiger partial charge in [0.2, 0.25) is 5.91 Å². The number of rotatable bonds is 1. The Morgan fingerprint density at radius 2 is 2.19 bits per heavy atom. The molecular weight excluding hydrogens is 356 g/mol. The van der Waals surface area contributed by atoms with Gasteiger partial charge in [0, 0.05) is 30.0 Å². The monoisotopic (exact) mass is 370 g/mol. The van der Waals surface area contributed by atoms with E-state index in [4.69, 9.17) is 11.6 Å². The number of nitrogens with one attached hydrogen (secondary N) is 1. The molecule has 2 fully saturated rings. The third-order valence-corrected chi connectivity index (χ3v) is 5.08. The predicted octanol–water partition coefficient (Wildman–Crippen LogP) is 2.84. The summed E-state index contributed by atoms with van der Waals surface area (Å²) < 4.78 is 0.859. The van der Waals surface area contributed by atoms with Crippen LogP contribution in [-0.2, 0) is 4.79 Å². The summed E-state index contributed by atoms with van der Waals surface area (Å²) in [4.78, 5) is 25.9. The summed E-state index contributed by atoms with van der Waals surface area (Å²) in [6.45, 7) is 1.35. The summed E-state index contributed by atoms with van der Waals surface area (Å²) >= 11 is 9.51. The molecule has 2 saturated heterocycles. The van der Waals surface area contributed by atoms with Gasteiger partial charge in [-0.2, -0.15) is 0 Å². The number of likely N-dealkylation sites (tertiary alicyclic amines) is 1. The number of hydrogen-bond acceptors (Lipinski definition) is 2. The standard InChI is InChI=1S/C15H16BrClN2O2/c16-10-2-3-11(12(17)7-10)15(21)19-6-5-13-9(8-19)1-4-14(20)18-13/h2-3,7,9,13H,1,4-6,8H2,(H,18,20). The van der Waals surface area contributed by atoms with Crippen LogP contribution in [0.5, 0.6) is 0 Å². The molecule has 2 amide bonds. The topological polar surface area (TPSA) is 49.4 Å². The average Bonchev–Trinajstić information content (AvgIpc) is 2.46. The Kier molecular flexibility index (Phi) is 4.22. The highest BCUT2D eigenvalue weighted by Gasteiger charge is 2.35. The largest absolute Gasteiger partial charge is 0.353 e. The van der Waals surface area contributed by atoms with Gasteiger partial charge in [-0.25, -0.2) is 0 Å². The first kappa shape index (κ1) is 14.9. The second-order valence-corrected chi connectivity index (χ2v) is 6.96. The number of nitrogens with zero attached hydrogens (tertiary/aromatic N) is 1. The van der Waals surface area contributed by atoms with Crippen molar-refractivity contribution in [2.45, 2.75) is 25.3 Å². The smallest absolute Gasteiger partial charge is 0.255 e. The normalized spacial score (nSPS) is 25.2. The molecule has 1 aromatic carbocycles. The van der Waals surface area contributed by atoms with Crippen LogP contribution >= 0.6 is 27.5 Å². The fraction of sp³-hybridized carbons (Fsp3) is 0.467. The van der Waals surface area contributed by atoms with Crippen molar-refractivity contribution in [3.8, 4) is 0 Å². The molecule has 3 rings (SSSR count). The molecule has 1 N–H and O–H groups in total. The van der Waals surface area contributed by atoms with Crippen LogP contribution in [-0.4, -0.2) is 35.8 Å². The van der Waals surface area contributed by atoms with Crippen molar-refractivity contribution in [3.63, 3.8) is 0 Å². The Morgan fingerprint density at radius 3 is 2.95 bits per heavy atom. The fourth-order valence-electron chi connectivity index (χ4n) is 3.13. The number of benzene rings is 1. The van der Waals surface area contributed by atoms with Crippen LogP contribution in [0.3, 0.4) is 0 Å². The SMILES string of the molecule is O=C1CCC2CN(C(=O)c3ccc(Br)cc3Cl)CCC2N1. The lowest BCUT2D eigenvalue weighted by Gasteiger charge is -2.41. The van der Waals surface area contributed by atoms with Crippen LogP contribution in [0.4, 0.5) is 0 Å². The van der Waals surface area contributed by atoms with Crippen molar-refractivity contribution in [2.75, 3.05) is 13.1 Å². The highest BCUT2D eigenvalue weighted by atomic mass is 79.9. The lowest BCUT2D eigenvalue weighted by atomic mass is 9.85. The van der Waals surface area contributed by atoms with E-state index < -0.39 is 0 Å². The molecule has 2 unspecified atom stereocenters. The summed E-state index contributed by atoms with van der Waals surface area (Å²) in [7, 11) is 0. The van der Waals surface area contributed by atoms with Crippen LogP contribution in [0, 0.1) is 5.92 Å². The van der Waals surface area contributed by atoms with Crippen molar-refractivity contribution >= 4 is 39.3 Å². The van der Waals surface area contributed by atoms with Crippen LogP contribution < -0.4 is 5.32 Å². The van der Waals surface area contributed by atoms with Crippen molar-refractivity contribution in [1.29, 1.82) is 0 Å². The minimum Gasteiger partial charge on any atom is -0.353 e. The number of carbonyl (C=O) groups excluding carboxylic acids is 2. The van der Waals surface area contributed by atoms with E-state index in [0.717, 1.165) is 17.3 Å². The Labute approximate surface area is 137 Å². The van der Waals surface area contributed by atoms with Crippen LogP contribution in [0.25, 0.3) is 0 Å². The molecule has 2 aliphatic heterocycles. The quantitative estimate of drug-likeness (QED) is 0.825. The van der Waals surface area contributed by atoms with Crippen molar-refractivity contribution in [1.82, 2.24) is 10.2 Å². The van der Waals surface area contributed by atoms with E-state index in [1.165, 1.54) is 0 Å². The highest BCUT2D eigenvalue weighted by Crippen LogP contribution is 2.28. The van der Waals surface area contributed by atoms with Crippen LogP contribution in [0.15, 0.2) is 22.7 Å². The average molecular weight is 372 g/mol. The van der Waals surface area contributed by atoms with Crippen LogP contribution in [0.1, 0.15) is 29.6 Å². The van der Waals surface area contributed by atoms with Gasteiger partial charge in [0.1, 0.15) is 0 Å². The molecule has 21 heavy (non-hydrogen) atoms. The molecule has 6 heteroatoms. The molecule has 0 saturated carbocycles. The first-order valence-electron chi connectivity index (χ1n) is 7.08. The number of hydrogen-bond donors (Lipinski definition) is 1. The maximum absolute atomic E-state index is 12.6. The number of carbonyl (C=O) groups is 2. The van der Waals surface area contributed by atoms with Gasteiger partial charge in [-0.1, -0.05) is 27.5 Å². The Balaban J connectivity index is 1.73. The third-order valence-electron chi connectivity index (χ3n) is 4.27. The molecule has 0 aromatic heterocycles. The fourth-order valence-corrected chi connectivity index (χ4v) is 3.88. The van der Waals surface area contributed by atoms with Crippen molar-refractivity contribution in [2.24, 2.45) is 5.92 Å². The van der Waals surface area contributed by atoms with Gasteiger partial charge in [-0.3, -0.25) is 9.59 Å². The van der Waals surface area contributed by atoms with E-state index in [0.29, 0.717) is 36.0 Å². The molecule has 0 spiro atoms. The second kappa shape index (κ2) is 5.97. The van der Waals surface area contributed by atoms with Gasteiger partial charge in [0.15, 0.2) is 0 Å². The summed E-state index contributed by atoms with van der Waals surface area (Å²) in [5.74, 6) is 0.462. The van der Waals surface area contributed by atoms with Gasteiger partial charge in [0.25, 0.3) is 5.91 Å². The van der Waals surface area contributed by atoms with E-state index in [2.05, 4.69) is 21.2 Å². The van der Waals surface area contributed by atoms with Gasteiger partial charge in [-0.15, -0.1) is 0 Å². The zero-order valence-corrected chi connectivity index (χ0v) is 13.8. The van der Waals surface area contributed by atoms with Gasteiger partial charge < -0.3 is 10.2 Å². The molecule has 2 atom stereocenters. The van der Waals surface area contributed by atoms with E-state index in [-0.39, 0.29) is 17.9 Å². The summed E-state index contributed by atoms with van der Waals surface area (Å²) in [5, 5.41) is 3.49. The molecule has 2 heterocycles. The number of fused-ring (bicyclic) bond motifs is 1. The summed E-state index contributed by atoms with van der Waals surface area (Å²) in [5.41, 5.74) is 0.540. The third kappa shape index (κ3) is 3.09. The number of piperidine rings is 2. The lowest BCUT2D eigenvalue weighted by Crippen LogP contribution is -2.55.